The second-order valence-corrected chi connectivity index (χ2v) is 7.14. The van der Waals surface area contributed by atoms with Gasteiger partial charge in [0.25, 0.3) is 0 Å². The van der Waals surface area contributed by atoms with Crippen molar-refractivity contribution >= 4 is 22.1 Å². The smallest absolute Gasteiger partial charge is 0.456 e. The van der Waals surface area contributed by atoms with Crippen molar-refractivity contribution in [1.82, 2.24) is 0 Å². The molecule has 0 aromatic heterocycles. The average molecular weight is 360 g/mol. The Morgan fingerprint density at radius 3 is 2.48 bits per heavy atom. The van der Waals surface area contributed by atoms with Crippen LogP contribution >= 0.6 is 0 Å². The molecule has 2 saturated heterocycles. The lowest BCUT2D eigenvalue weighted by Crippen LogP contribution is -2.43. The van der Waals surface area contributed by atoms with Crippen molar-refractivity contribution in [3.8, 4) is 0 Å². The molecule has 2 fully saturated rings. The van der Waals surface area contributed by atoms with Crippen molar-refractivity contribution in [3.63, 3.8) is 0 Å². The van der Waals surface area contributed by atoms with Crippen LogP contribution in [-0.4, -0.2) is 60.4 Å². The van der Waals surface area contributed by atoms with Crippen LogP contribution in [0.25, 0.3) is 0 Å². The number of carbonyl (C=O) groups excluding carboxylic acids is 2. The predicted octanol–water partition coefficient (Wildman–Crippen LogP) is -0.154. The molecule has 0 bridgehead atoms. The third-order valence-electron chi connectivity index (χ3n) is 3.35. The quantitative estimate of drug-likeness (QED) is 0.538. The Hall–Kier alpha value is -1.37. The third-order valence-corrected chi connectivity index (χ3v) is 4.17. The minimum Gasteiger partial charge on any atom is -0.456 e. The highest BCUT2D eigenvalue weighted by Crippen LogP contribution is 2.43. The predicted molar refractivity (Wildman–Crippen MR) is 65.8 cm³/mol. The van der Waals surface area contributed by atoms with Gasteiger partial charge in [-0.05, 0) is 20.8 Å². The van der Waals surface area contributed by atoms with Crippen LogP contribution in [0.1, 0.15) is 20.8 Å². The number of halogens is 2. The molecule has 2 heterocycles. The van der Waals surface area contributed by atoms with Gasteiger partial charge in [0.05, 0.1) is 0 Å². The minimum atomic E-state index is -5.98. The van der Waals surface area contributed by atoms with Gasteiger partial charge in [-0.2, -0.15) is 17.2 Å². The zero-order valence-corrected chi connectivity index (χ0v) is 13.1. The molecule has 1 N–H and O–H groups in total. The zero-order valence-electron chi connectivity index (χ0n) is 12.2. The molecule has 2 aliphatic rings. The van der Waals surface area contributed by atoms with Crippen LogP contribution in [0.2, 0.25) is 0 Å². The fourth-order valence-corrected chi connectivity index (χ4v) is 2.65. The summed E-state index contributed by atoms with van der Waals surface area (Å²) in [5, 5.41) is -5.13. The summed E-state index contributed by atoms with van der Waals surface area (Å²) >= 11 is 0. The first-order chi connectivity index (χ1) is 10.2. The summed E-state index contributed by atoms with van der Waals surface area (Å²) in [6.07, 6.45) is -2.31. The Labute approximate surface area is 129 Å². The summed E-state index contributed by atoms with van der Waals surface area (Å²) in [6, 6.07) is 0. The van der Waals surface area contributed by atoms with Gasteiger partial charge in [-0.15, -0.1) is 0 Å². The highest BCUT2D eigenvalue weighted by atomic mass is 32.2. The fraction of sp³-hybridized carbons (Fsp3) is 0.818. The molecule has 0 saturated carbocycles. The Bertz CT molecular complexity index is 644. The van der Waals surface area contributed by atoms with Gasteiger partial charge < -0.3 is 18.9 Å². The molecule has 0 radical (unpaired) electrons. The van der Waals surface area contributed by atoms with E-state index in [0.717, 1.165) is 0 Å². The molecular formula is C11H14F2O9S. The first kappa shape index (κ1) is 18.0. The largest absolute Gasteiger partial charge is 0.465 e. The number of esters is 2. The number of hydrogen-bond donors (Lipinski definition) is 1. The van der Waals surface area contributed by atoms with E-state index in [0.29, 0.717) is 0 Å². The number of ether oxygens (including phenoxy) is 4. The van der Waals surface area contributed by atoms with Crippen LogP contribution < -0.4 is 0 Å². The van der Waals surface area contributed by atoms with E-state index in [4.69, 9.17) is 18.8 Å². The minimum absolute atomic E-state index is 0.837. The van der Waals surface area contributed by atoms with Crippen molar-refractivity contribution in [2.45, 2.75) is 49.6 Å². The number of cyclic esters (lactones) is 1. The molecule has 132 valence electrons. The monoisotopic (exact) mass is 360 g/mol. The van der Waals surface area contributed by atoms with Crippen LogP contribution in [0, 0.1) is 0 Å². The van der Waals surface area contributed by atoms with Gasteiger partial charge >= 0.3 is 27.3 Å². The molecular weight excluding hydrogens is 346 g/mol. The first-order valence-corrected chi connectivity index (χ1v) is 7.76. The van der Waals surface area contributed by atoms with Gasteiger partial charge in [0.1, 0.15) is 12.7 Å². The maximum absolute atomic E-state index is 13.1. The van der Waals surface area contributed by atoms with Crippen molar-refractivity contribution in [2.75, 3.05) is 6.61 Å². The van der Waals surface area contributed by atoms with E-state index in [1.54, 1.807) is 0 Å². The molecule has 2 rings (SSSR count). The van der Waals surface area contributed by atoms with E-state index < -0.39 is 57.5 Å². The summed E-state index contributed by atoms with van der Waals surface area (Å²) in [7, 11) is -5.98. The van der Waals surface area contributed by atoms with Crippen LogP contribution in [0.5, 0.6) is 0 Å². The second-order valence-electron chi connectivity index (χ2n) is 5.68. The summed E-state index contributed by atoms with van der Waals surface area (Å²) in [4.78, 5) is 22.9. The molecule has 0 aromatic rings. The molecule has 0 aliphatic carbocycles. The fourth-order valence-electron chi connectivity index (χ4n) is 2.38. The molecule has 2 aliphatic heterocycles. The first-order valence-electron chi connectivity index (χ1n) is 6.32. The van der Waals surface area contributed by atoms with Crippen LogP contribution in [0.4, 0.5) is 8.78 Å². The van der Waals surface area contributed by atoms with Crippen LogP contribution in [-0.2, 0) is 38.7 Å². The van der Waals surface area contributed by atoms with Crippen molar-refractivity contribution < 1.29 is 50.3 Å². The van der Waals surface area contributed by atoms with Crippen molar-refractivity contribution in [1.29, 1.82) is 0 Å². The van der Waals surface area contributed by atoms with Gasteiger partial charge in [-0.25, -0.2) is 9.59 Å². The van der Waals surface area contributed by atoms with Gasteiger partial charge in [0, 0.05) is 0 Å². The van der Waals surface area contributed by atoms with E-state index in [-0.39, 0.29) is 0 Å². The van der Waals surface area contributed by atoms with Gasteiger partial charge in [0.2, 0.25) is 0 Å². The number of alkyl halides is 2. The standard InChI is InChI=1S/C11H14F2O9S/c1-9(2)21-6-5(20-7(14)10(6,3)22-9)4-19-8(15)11(12,13)23(16,17)18/h5-6H,4H2,1-3H3,(H,16,17,18). The zero-order chi connectivity index (χ0) is 17.8. The summed E-state index contributed by atoms with van der Waals surface area (Å²) in [5.74, 6) is -4.49. The maximum atomic E-state index is 13.1. The summed E-state index contributed by atoms with van der Waals surface area (Å²) in [5.41, 5.74) is -1.51. The summed E-state index contributed by atoms with van der Waals surface area (Å²) < 4.78 is 75.1. The normalized spacial score (nSPS) is 33.2. The number of fused-ring (bicyclic) bond motifs is 1. The van der Waals surface area contributed by atoms with E-state index in [9.17, 15) is 26.8 Å². The lowest BCUT2D eigenvalue weighted by atomic mass is 9.99. The third kappa shape index (κ3) is 2.91. The van der Waals surface area contributed by atoms with E-state index in [1.807, 2.05) is 0 Å². The topological polar surface area (TPSA) is 125 Å². The molecule has 3 atom stereocenters. The Morgan fingerprint density at radius 2 is 1.96 bits per heavy atom. The molecule has 0 amide bonds. The van der Waals surface area contributed by atoms with Crippen molar-refractivity contribution in [2.24, 2.45) is 0 Å². The Morgan fingerprint density at radius 1 is 1.39 bits per heavy atom. The lowest BCUT2D eigenvalue weighted by Gasteiger charge is -2.21. The van der Waals surface area contributed by atoms with Gasteiger partial charge in [0.15, 0.2) is 17.5 Å². The molecule has 12 heteroatoms. The SMILES string of the molecule is CC1(C)OC2C(COC(=O)C(F)(F)S(=O)(=O)O)OC(=O)C2(C)O1. The van der Waals surface area contributed by atoms with Crippen LogP contribution in [0.15, 0.2) is 0 Å². The van der Waals surface area contributed by atoms with E-state index in [1.165, 1.54) is 20.8 Å². The summed E-state index contributed by atoms with van der Waals surface area (Å²) in [6.45, 7) is 3.50. The van der Waals surface area contributed by atoms with E-state index in [2.05, 4.69) is 4.74 Å². The Kier molecular flexibility index (Phi) is 3.96. The highest BCUT2D eigenvalue weighted by molar-refractivity contribution is 7.87. The lowest BCUT2D eigenvalue weighted by molar-refractivity contribution is -0.200. The molecule has 0 spiro atoms. The second kappa shape index (κ2) is 5.06. The highest BCUT2D eigenvalue weighted by Gasteiger charge is 2.65. The molecule has 23 heavy (non-hydrogen) atoms. The van der Waals surface area contributed by atoms with Gasteiger partial charge in [-0.1, -0.05) is 0 Å². The molecule has 9 nitrogen and oxygen atoms in total. The van der Waals surface area contributed by atoms with E-state index >= 15 is 0 Å². The maximum Gasteiger partial charge on any atom is 0.465 e. The molecule has 3 unspecified atom stereocenters. The number of hydrogen-bond acceptors (Lipinski definition) is 8. The number of carbonyl (C=O) groups is 2. The van der Waals surface area contributed by atoms with Crippen LogP contribution in [0.3, 0.4) is 0 Å². The number of rotatable bonds is 4. The molecule has 0 aromatic carbocycles. The Balaban J connectivity index is 2.08. The van der Waals surface area contributed by atoms with Crippen molar-refractivity contribution in [3.05, 3.63) is 0 Å². The average Bonchev–Trinajstić information content (AvgIpc) is 2.74. The van der Waals surface area contributed by atoms with Gasteiger partial charge in [-0.3, -0.25) is 4.55 Å².